The molecule has 2 heterocycles. The first kappa shape index (κ1) is 22.6. The fourth-order valence-corrected chi connectivity index (χ4v) is 4.82. The summed E-state index contributed by atoms with van der Waals surface area (Å²) in [5.41, 5.74) is 3.60. The van der Waals surface area contributed by atoms with E-state index in [-0.39, 0.29) is 5.91 Å². The van der Waals surface area contributed by atoms with Gasteiger partial charge in [-0.2, -0.15) is 0 Å². The third-order valence-corrected chi connectivity index (χ3v) is 6.31. The summed E-state index contributed by atoms with van der Waals surface area (Å²) in [6.45, 7) is 3.27. The zero-order valence-electron chi connectivity index (χ0n) is 19.3. The molecule has 178 valence electrons. The van der Waals surface area contributed by atoms with Gasteiger partial charge >= 0.3 is 5.97 Å². The first-order chi connectivity index (χ1) is 16.9. The smallest absolute Gasteiger partial charge is 0.341 e. The second-order valence-electron chi connectivity index (χ2n) is 8.68. The fraction of sp³-hybridized carbons (Fsp3) is 0.222. The highest BCUT2D eigenvalue weighted by atomic mass is 16.7. The molecular formula is C27H24N2O6. The number of carboxylic acids is 1. The standard InChI is InChI=1S/C27H24N2O6/c1-16-12-13-20(17(2)14-16)28-26(32)23-24(19-10-6-7-11-21(19)34-15-22(30)31)29(35-25(23)27(28)33)18-8-4-3-5-9-18/h3-14,23-25H,15H2,1-2H3,(H,30,31)/t23-,24+,25-/m0/s1. The van der Waals surface area contributed by atoms with Crippen LogP contribution < -0.4 is 14.7 Å². The molecule has 0 radical (unpaired) electrons. The normalized spacial score (nSPS) is 21.4. The highest BCUT2D eigenvalue weighted by molar-refractivity contribution is 6.24. The number of aliphatic carboxylic acids is 1. The first-order valence-corrected chi connectivity index (χ1v) is 11.3. The van der Waals surface area contributed by atoms with Gasteiger partial charge in [0.15, 0.2) is 12.7 Å². The van der Waals surface area contributed by atoms with Crippen molar-refractivity contribution in [2.24, 2.45) is 5.92 Å². The van der Waals surface area contributed by atoms with Gasteiger partial charge in [-0.1, -0.05) is 54.1 Å². The molecule has 2 amide bonds. The van der Waals surface area contributed by atoms with Crippen molar-refractivity contribution in [2.75, 3.05) is 16.6 Å². The number of hydrogen-bond donors (Lipinski definition) is 1. The van der Waals surface area contributed by atoms with E-state index < -0.39 is 36.5 Å². The number of carbonyl (C=O) groups excluding carboxylic acids is 2. The SMILES string of the molecule is Cc1ccc(N2C(=O)[C@@H]3[C@H](ON(c4ccccc4)[C@@H]3c3ccccc3OCC(=O)O)C2=O)c(C)c1. The molecule has 0 saturated carbocycles. The molecule has 2 saturated heterocycles. The second kappa shape index (κ2) is 8.88. The van der Waals surface area contributed by atoms with Crippen LogP contribution in [0, 0.1) is 19.8 Å². The van der Waals surface area contributed by atoms with Gasteiger partial charge in [0.25, 0.3) is 5.91 Å². The predicted molar refractivity (Wildman–Crippen MR) is 128 cm³/mol. The summed E-state index contributed by atoms with van der Waals surface area (Å²) in [5.74, 6) is -2.45. The molecule has 0 aromatic heterocycles. The molecular weight excluding hydrogens is 448 g/mol. The molecule has 35 heavy (non-hydrogen) atoms. The third kappa shape index (κ3) is 3.91. The number of carbonyl (C=O) groups is 3. The zero-order chi connectivity index (χ0) is 24.7. The van der Waals surface area contributed by atoms with Crippen LogP contribution in [-0.2, 0) is 19.2 Å². The molecule has 0 bridgehead atoms. The lowest BCUT2D eigenvalue weighted by atomic mass is 9.90. The van der Waals surface area contributed by atoms with Crippen LogP contribution in [-0.4, -0.2) is 35.6 Å². The Bertz CT molecular complexity index is 1310. The van der Waals surface area contributed by atoms with E-state index in [9.17, 15) is 14.4 Å². The van der Waals surface area contributed by atoms with Crippen LogP contribution in [0.25, 0.3) is 0 Å². The first-order valence-electron chi connectivity index (χ1n) is 11.3. The van der Waals surface area contributed by atoms with E-state index in [2.05, 4.69) is 0 Å². The molecule has 2 aliphatic rings. The van der Waals surface area contributed by atoms with E-state index in [0.29, 0.717) is 22.7 Å². The lowest BCUT2D eigenvalue weighted by Crippen LogP contribution is -2.37. The number of anilines is 2. The number of carboxylic acid groups (broad SMARTS) is 1. The van der Waals surface area contributed by atoms with Gasteiger partial charge in [-0.05, 0) is 43.7 Å². The number of hydrogen-bond acceptors (Lipinski definition) is 6. The molecule has 3 aromatic carbocycles. The van der Waals surface area contributed by atoms with Crippen molar-refractivity contribution >= 4 is 29.2 Å². The Hall–Kier alpha value is -4.17. The fourth-order valence-electron chi connectivity index (χ4n) is 4.82. The van der Waals surface area contributed by atoms with Gasteiger partial charge in [0.1, 0.15) is 11.7 Å². The van der Waals surface area contributed by atoms with E-state index >= 15 is 0 Å². The summed E-state index contributed by atoms with van der Waals surface area (Å²) in [4.78, 5) is 45.9. The maximum absolute atomic E-state index is 13.8. The van der Waals surface area contributed by atoms with Gasteiger partial charge in [-0.25, -0.2) is 14.8 Å². The number of nitrogens with zero attached hydrogens (tertiary/aromatic N) is 2. The van der Waals surface area contributed by atoms with Crippen molar-refractivity contribution in [3.05, 3.63) is 89.5 Å². The highest BCUT2D eigenvalue weighted by Gasteiger charge is 2.60. The van der Waals surface area contributed by atoms with Gasteiger partial charge in [0, 0.05) is 5.56 Å². The quantitative estimate of drug-likeness (QED) is 0.545. The maximum atomic E-state index is 13.8. The molecule has 2 fully saturated rings. The Morgan fingerprint density at radius 3 is 2.40 bits per heavy atom. The van der Waals surface area contributed by atoms with Gasteiger partial charge in [-0.3, -0.25) is 14.4 Å². The topological polar surface area (TPSA) is 96.4 Å². The van der Waals surface area contributed by atoms with Gasteiger partial charge < -0.3 is 9.84 Å². The number of para-hydroxylation sites is 2. The van der Waals surface area contributed by atoms with E-state index in [1.54, 1.807) is 35.4 Å². The minimum Gasteiger partial charge on any atom is -0.482 e. The molecule has 3 atom stereocenters. The van der Waals surface area contributed by atoms with Crippen molar-refractivity contribution in [3.8, 4) is 5.75 Å². The summed E-state index contributed by atoms with van der Waals surface area (Å²) in [7, 11) is 0. The van der Waals surface area contributed by atoms with E-state index in [4.69, 9.17) is 14.7 Å². The Kier molecular flexibility index (Phi) is 5.74. The van der Waals surface area contributed by atoms with Crippen molar-refractivity contribution in [1.29, 1.82) is 0 Å². The van der Waals surface area contributed by atoms with Crippen LogP contribution in [0.2, 0.25) is 0 Å². The average Bonchev–Trinajstić information content (AvgIpc) is 3.35. The number of fused-ring (bicyclic) bond motifs is 1. The number of amides is 2. The van der Waals surface area contributed by atoms with Crippen molar-refractivity contribution < 1.29 is 29.1 Å². The van der Waals surface area contributed by atoms with Crippen LogP contribution in [0.15, 0.2) is 72.8 Å². The average molecular weight is 472 g/mol. The number of aryl methyl sites for hydroxylation is 2. The molecule has 5 rings (SSSR count). The molecule has 3 aromatic rings. The van der Waals surface area contributed by atoms with Crippen LogP contribution in [0.4, 0.5) is 11.4 Å². The van der Waals surface area contributed by atoms with Crippen molar-refractivity contribution in [1.82, 2.24) is 0 Å². The van der Waals surface area contributed by atoms with E-state index in [1.807, 2.05) is 56.3 Å². The molecule has 8 heteroatoms. The number of benzene rings is 3. The Morgan fingerprint density at radius 1 is 0.971 bits per heavy atom. The van der Waals surface area contributed by atoms with Gasteiger partial charge in [-0.15, -0.1) is 0 Å². The summed E-state index contributed by atoms with van der Waals surface area (Å²) >= 11 is 0. The number of rotatable bonds is 6. The predicted octanol–water partition coefficient (Wildman–Crippen LogP) is 3.82. The van der Waals surface area contributed by atoms with Crippen molar-refractivity contribution in [3.63, 3.8) is 0 Å². The monoisotopic (exact) mass is 472 g/mol. The van der Waals surface area contributed by atoms with Gasteiger partial charge in [0.05, 0.1) is 17.4 Å². The molecule has 2 aliphatic heterocycles. The molecule has 0 spiro atoms. The van der Waals surface area contributed by atoms with E-state index in [0.717, 1.165) is 11.1 Å². The summed E-state index contributed by atoms with van der Waals surface area (Å²) < 4.78 is 5.56. The number of hydroxylamine groups is 1. The second-order valence-corrected chi connectivity index (χ2v) is 8.68. The van der Waals surface area contributed by atoms with Crippen LogP contribution in [0.5, 0.6) is 5.75 Å². The largest absolute Gasteiger partial charge is 0.482 e. The number of imide groups is 1. The summed E-state index contributed by atoms with van der Waals surface area (Å²) in [5, 5.41) is 10.7. The van der Waals surface area contributed by atoms with E-state index in [1.165, 1.54) is 4.90 Å². The number of ether oxygens (including phenoxy) is 1. The molecule has 8 nitrogen and oxygen atoms in total. The maximum Gasteiger partial charge on any atom is 0.341 e. The van der Waals surface area contributed by atoms with Crippen LogP contribution in [0.1, 0.15) is 22.7 Å². The van der Waals surface area contributed by atoms with Gasteiger partial charge in [0.2, 0.25) is 5.91 Å². The summed E-state index contributed by atoms with van der Waals surface area (Å²) in [6, 6.07) is 21.0. The van der Waals surface area contributed by atoms with Crippen LogP contribution >= 0.6 is 0 Å². The lowest BCUT2D eigenvalue weighted by Gasteiger charge is -2.30. The summed E-state index contributed by atoms with van der Waals surface area (Å²) in [6.07, 6.45) is -1.03. The molecule has 1 N–H and O–H groups in total. The Labute approximate surface area is 202 Å². The third-order valence-electron chi connectivity index (χ3n) is 6.31. The minimum absolute atomic E-state index is 0.315. The minimum atomic E-state index is -1.12. The lowest BCUT2D eigenvalue weighted by molar-refractivity contribution is -0.139. The Balaban J connectivity index is 1.60. The molecule has 0 aliphatic carbocycles. The van der Waals surface area contributed by atoms with Crippen molar-refractivity contribution in [2.45, 2.75) is 26.0 Å². The Morgan fingerprint density at radius 2 is 1.69 bits per heavy atom. The van der Waals surface area contributed by atoms with Crippen LogP contribution in [0.3, 0.4) is 0 Å². The molecule has 0 unspecified atom stereocenters. The zero-order valence-corrected chi connectivity index (χ0v) is 19.3. The highest BCUT2D eigenvalue weighted by Crippen LogP contribution is 2.49.